The monoisotopic (exact) mass is 138 g/mol. The zero-order valence-electron chi connectivity index (χ0n) is 4.03. The van der Waals surface area contributed by atoms with Gasteiger partial charge in [0.1, 0.15) is 5.94 Å². The van der Waals surface area contributed by atoms with E-state index < -0.39 is 18.0 Å². The highest BCUT2D eigenvalue weighted by molar-refractivity contribution is 5.87. The zero-order valence-corrected chi connectivity index (χ0v) is 4.03. The first kappa shape index (κ1) is 7.91. The van der Waals surface area contributed by atoms with Gasteiger partial charge in [0, 0.05) is 0 Å². The van der Waals surface area contributed by atoms with E-state index in [-0.39, 0.29) is 0 Å². The number of allylic oxidation sites excluding steroid dienone is 1. The van der Waals surface area contributed by atoms with E-state index in [1.807, 2.05) is 0 Å². The van der Waals surface area contributed by atoms with Crippen LogP contribution in [-0.2, 0) is 9.59 Å². The van der Waals surface area contributed by atoms with Crippen LogP contribution in [0.1, 0.15) is 0 Å². The highest BCUT2D eigenvalue weighted by Gasteiger charge is 2.34. The fourth-order valence-corrected chi connectivity index (χ4v) is 0.149. The molecule has 0 unspecified atom stereocenters. The molecule has 5 heteroatoms. The summed E-state index contributed by atoms with van der Waals surface area (Å²) >= 11 is 0. The predicted molar refractivity (Wildman–Crippen MR) is 21.3 cm³/mol. The Morgan fingerprint density at radius 1 is 1.44 bits per heavy atom. The Morgan fingerprint density at radius 3 is 1.89 bits per heavy atom. The molecule has 0 aromatic heterocycles. The Bertz CT molecular complexity index is 163. The Hall–Kier alpha value is -1.09. The molecule has 0 N–H and O–H groups in total. The van der Waals surface area contributed by atoms with Crippen LogP contribution < -0.4 is 0 Å². The maximum Gasteiger partial charge on any atom is 0.429 e. The summed E-state index contributed by atoms with van der Waals surface area (Å²) in [5, 5.41) is 0. The van der Waals surface area contributed by atoms with Crippen molar-refractivity contribution < 1.29 is 22.8 Å². The molecule has 0 aliphatic carbocycles. The third kappa shape index (κ3) is 2.10. The Kier molecular flexibility index (Phi) is 2.16. The van der Waals surface area contributed by atoms with E-state index in [2.05, 4.69) is 0 Å². The van der Waals surface area contributed by atoms with Gasteiger partial charge >= 0.3 is 6.18 Å². The zero-order chi connectivity index (χ0) is 7.49. The van der Waals surface area contributed by atoms with Crippen molar-refractivity contribution in [2.75, 3.05) is 0 Å². The number of hydrogen-bond donors (Lipinski definition) is 0. The standard InChI is InChI=1S/C4HF3O2/c5-4(6,7)3(1-8)2-9/h1H. The van der Waals surface area contributed by atoms with Gasteiger partial charge in [-0.15, -0.1) is 0 Å². The summed E-state index contributed by atoms with van der Waals surface area (Å²) in [6.07, 6.45) is -5.43. The average Bonchev–Trinajstić information content (AvgIpc) is 1.65. The molecule has 2 nitrogen and oxygen atoms in total. The van der Waals surface area contributed by atoms with Crippen LogP contribution in [0.2, 0.25) is 0 Å². The van der Waals surface area contributed by atoms with Gasteiger partial charge in [0.25, 0.3) is 0 Å². The first-order chi connectivity index (χ1) is 4.02. The molecule has 0 amide bonds. The molecule has 0 bridgehead atoms. The van der Waals surface area contributed by atoms with Crippen molar-refractivity contribution in [2.45, 2.75) is 6.18 Å². The molecule has 0 aromatic rings. The Labute approximate surface area is 48.0 Å². The minimum atomic E-state index is -4.86. The minimum absolute atomic E-state index is 0.465. The molecule has 0 saturated carbocycles. The lowest BCUT2D eigenvalue weighted by atomic mass is 10.3. The molecule has 0 fully saturated rings. The van der Waals surface area contributed by atoms with Gasteiger partial charge in [0.15, 0.2) is 11.9 Å². The summed E-state index contributed by atoms with van der Waals surface area (Å²) in [5.74, 6) is 0.465. The lowest BCUT2D eigenvalue weighted by molar-refractivity contribution is -0.118. The van der Waals surface area contributed by atoms with Crippen molar-refractivity contribution in [3.8, 4) is 0 Å². The fraction of sp³-hybridized carbons (Fsp3) is 0.250. The molecular formula is C4HF3O2. The molecule has 0 saturated heterocycles. The lowest BCUT2D eigenvalue weighted by Crippen LogP contribution is -2.13. The van der Waals surface area contributed by atoms with E-state index in [0.717, 1.165) is 0 Å². The number of aldehydes is 1. The second-order valence-corrected chi connectivity index (χ2v) is 1.13. The fourth-order valence-electron chi connectivity index (χ4n) is 0.149. The molecule has 0 spiro atoms. The van der Waals surface area contributed by atoms with Gasteiger partial charge in [0.05, 0.1) is 0 Å². The maximum absolute atomic E-state index is 11.2. The van der Waals surface area contributed by atoms with E-state index in [1.54, 1.807) is 0 Å². The molecule has 0 aliphatic heterocycles. The van der Waals surface area contributed by atoms with Gasteiger partial charge in [-0.05, 0) is 0 Å². The summed E-state index contributed by atoms with van der Waals surface area (Å²) in [6.45, 7) is 0. The Balaban J connectivity index is 4.53. The molecular weight excluding hydrogens is 137 g/mol. The maximum atomic E-state index is 11.2. The second kappa shape index (κ2) is 2.46. The predicted octanol–water partition coefficient (Wildman–Crippen LogP) is 0.506. The van der Waals surface area contributed by atoms with Crippen LogP contribution >= 0.6 is 0 Å². The number of carbonyl (C=O) groups is 1. The minimum Gasteiger partial charge on any atom is -0.297 e. The highest BCUT2D eigenvalue weighted by atomic mass is 19.4. The third-order valence-electron chi connectivity index (χ3n) is 0.533. The molecule has 0 aromatic carbocycles. The highest BCUT2D eigenvalue weighted by Crippen LogP contribution is 2.20. The topological polar surface area (TPSA) is 34.1 Å². The van der Waals surface area contributed by atoms with Crippen LogP contribution in [0, 0.1) is 0 Å². The molecule has 50 valence electrons. The number of alkyl halides is 3. The summed E-state index contributed by atoms with van der Waals surface area (Å²) in [7, 11) is 0. The molecule has 0 radical (unpaired) electrons. The van der Waals surface area contributed by atoms with E-state index >= 15 is 0 Å². The molecule has 0 atom stereocenters. The summed E-state index contributed by atoms with van der Waals surface area (Å²) in [4.78, 5) is 18.6. The molecule has 9 heavy (non-hydrogen) atoms. The molecule has 0 heterocycles. The first-order valence-electron chi connectivity index (χ1n) is 1.80. The largest absolute Gasteiger partial charge is 0.429 e. The van der Waals surface area contributed by atoms with Gasteiger partial charge in [-0.3, -0.25) is 4.79 Å². The number of rotatable bonds is 1. The molecule has 0 aliphatic rings. The van der Waals surface area contributed by atoms with Gasteiger partial charge < -0.3 is 0 Å². The van der Waals surface area contributed by atoms with Gasteiger partial charge in [-0.1, -0.05) is 0 Å². The first-order valence-corrected chi connectivity index (χ1v) is 1.80. The van der Waals surface area contributed by atoms with Crippen LogP contribution in [0.25, 0.3) is 0 Å². The van der Waals surface area contributed by atoms with E-state index in [4.69, 9.17) is 0 Å². The lowest BCUT2D eigenvalue weighted by Gasteiger charge is -1.97. The number of hydrogen-bond acceptors (Lipinski definition) is 2. The summed E-state index contributed by atoms with van der Waals surface area (Å²) in [6, 6.07) is 0. The van der Waals surface area contributed by atoms with Crippen LogP contribution in [0.15, 0.2) is 5.57 Å². The smallest absolute Gasteiger partial charge is 0.297 e. The van der Waals surface area contributed by atoms with Gasteiger partial charge in [-0.2, -0.15) is 13.2 Å². The van der Waals surface area contributed by atoms with Crippen molar-refractivity contribution in [1.29, 1.82) is 0 Å². The van der Waals surface area contributed by atoms with Crippen LogP contribution in [-0.4, -0.2) is 18.4 Å². The van der Waals surface area contributed by atoms with Crippen molar-refractivity contribution in [3.63, 3.8) is 0 Å². The Morgan fingerprint density at radius 2 is 1.89 bits per heavy atom. The van der Waals surface area contributed by atoms with Crippen molar-refractivity contribution in [1.82, 2.24) is 0 Å². The SMILES string of the molecule is O=C=C(C=O)C(F)(F)F. The van der Waals surface area contributed by atoms with Crippen molar-refractivity contribution in [2.24, 2.45) is 0 Å². The van der Waals surface area contributed by atoms with Gasteiger partial charge in [0.2, 0.25) is 0 Å². The van der Waals surface area contributed by atoms with Crippen LogP contribution in [0.3, 0.4) is 0 Å². The number of carbonyl (C=O) groups excluding carboxylic acids is 2. The number of halogens is 3. The van der Waals surface area contributed by atoms with E-state index in [9.17, 15) is 22.8 Å². The van der Waals surface area contributed by atoms with Crippen LogP contribution in [0.4, 0.5) is 13.2 Å². The summed E-state index contributed by atoms with van der Waals surface area (Å²) < 4.78 is 33.6. The average molecular weight is 138 g/mol. The quantitative estimate of drug-likeness (QED) is 0.300. The van der Waals surface area contributed by atoms with E-state index in [0.29, 0.717) is 5.94 Å². The van der Waals surface area contributed by atoms with Crippen molar-refractivity contribution >= 4 is 12.2 Å². The second-order valence-electron chi connectivity index (χ2n) is 1.13. The normalized spacial score (nSPS) is 10.1. The summed E-state index contributed by atoms with van der Waals surface area (Å²) in [5.41, 5.74) is -1.82. The third-order valence-corrected chi connectivity index (χ3v) is 0.533. The van der Waals surface area contributed by atoms with E-state index in [1.165, 1.54) is 0 Å². The van der Waals surface area contributed by atoms with Crippen LogP contribution in [0.5, 0.6) is 0 Å². The molecule has 0 rings (SSSR count). The van der Waals surface area contributed by atoms with Crippen molar-refractivity contribution in [3.05, 3.63) is 5.57 Å². The van der Waals surface area contributed by atoms with Gasteiger partial charge in [-0.25, -0.2) is 4.79 Å².